The SMILES string of the molecule is N#Cc1ccc(CSc2ccccc2C(=O)Nc2ccc(-n3ccnc3)nc2)cc1. The molecule has 1 N–H and O–H groups in total. The zero-order valence-electron chi connectivity index (χ0n) is 15.9. The largest absolute Gasteiger partial charge is 0.321 e. The molecular formula is C23H17N5OS. The molecule has 6 nitrogen and oxygen atoms in total. The number of carbonyl (C=O) groups excluding carboxylic acids is 1. The van der Waals surface area contributed by atoms with Crippen LogP contribution in [0.2, 0.25) is 0 Å². The highest BCUT2D eigenvalue weighted by Gasteiger charge is 2.12. The van der Waals surface area contributed by atoms with Crippen molar-refractivity contribution in [3.8, 4) is 11.9 Å². The lowest BCUT2D eigenvalue weighted by Crippen LogP contribution is -2.13. The van der Waals surface area contributed by atoms with Crippen LogP contribution in [0.25, 0.3) is 5.82 Å². The quantitative estimate of drug-likeness (QED) is 0.466. The first-order valence-corrected chi connectivity index (χ1v) is 10.2. The summed E-state index contributed by atoms with van der Waals surface area (Å²) in [5.41, 5.74) is 2.95. The number of rotatable bonds is 6. The van der Waals surface area contributed by atoms with E-state index >= 15 is 0 Å². The highest BCUT2D eigenvalue weighted by Crippen LogP contribution is 2.27. The first kappa shape index (κ1) is 19.4. The van der Waals surface area contributed by atoms with Crippen LogP contribution in [0.3, 0.4) is 0 Å². The lowest BCUT2D eigenvalue weighted by molar-refractivity contribution is 0.102. The van der Waals surface area contributed by atoms with Crippen LogP contribution in [0.15, 0.2) is 90.5 Å². The smallest absolute Gasteiger partial charge is 0.256 e. The maximum absolute atomic E-state index is 12.8. The molecule has 0 atom stereocenters. The Balaban J connectivity index is 1.44. The number of nitrogens with zero attached hydrogens (tertiary/aromatic N) is 4. The summed E-state index contributed by atoms with van der Waals surface area (Å²) >= 11 is 1.58. The normalized spacial score (nSPS) is 10.4. The van der Waals surface area contributed by atoms with Gasteiger partial charge in [0.1, 0.15) is 12.1 Å². The van der Waals surface area contributed by atoms with Gasteiger partial charge in [0, 0.05) is 23.0 Å². The van der Waals surface area contributed by atoms with E-state index < -0.39 is 0 Å². The van der Waals surface area contributed by atoms with E-state index in [0.29, 0.717) is 22.6 Å². The van der Waals surface area contributed by atoms with Gasteiger partial charge in [-0.2, -0.15) is 5.26 Å². The molecule has 0 spiro atoms. The van der Waals surface area contributed by atoms with Crippen LogP contribution in [0.1, 0.15) is 21.5 Å². The number of nitriles is 1. The van der Waals surface area contributed by atoms with Crippen LogP contribution in [-0.4, -0.2) is 20.4 Å². The molecule has 4 aromatic rings. The Kier molecular flexibility index (Phi) is 5.88. The van der Waals surface area contributed by atoms with Crippen LogP contribution < -0.4 is 5.32 Å². The second-order valence-corrected chi connectivity index (χ2v) is 7.44. The Labute approximate surface area is 178 Å². The minimum atomic E-state index is -0.185. The van der Waals surface area contributed by atoms with Crippen molar-refractivity contribution in [2.75, 3.05) is 5.32 Å². The molecule has 30 heavy (non-hydrogen) atoms. The number of carbonyl (C=O) groups is 1. The van der Waals surface area contributed by atoms with Gasteiger partial charge in [0.25, 0.3) is 5.91 Å². The fourth-order valence-electron chi connectivity index (χ4n) is 2.82. The number of nitrogens with one attached hydrogen (secondary N) is 1. The first-order valence-electron chi connectivity index (χ1n) is 9.19. The third kappa shape index (κ3) is 4.57. The summed E-state index contributed by atoms with van der Waals surface area (Å²) in [6, 6.07) is 20.7. The summed E-state index contributed by atoms with van der Waals surface area (Å²) in [6.07, 6.45) is 6.79. The molecule has 2 aromatic carbocycles. The molecule has 0 aliphatic heterocycles. The maximum atomic E-state index is 12.8. The van der Waals surface area contributed by atoms with Crippen molar-refractivity contribution < 1.29 is 4.79 Å². The lowest BCUT2D eigenvalue weighted by Gasteiger charge is -2.10. The molecular weight excluding hydrogens is 394 g/mol. The van der Waals surface area contributed by atoms with E-state index in [2.05, 4.69) is 21.4 Å². The van der Waals surface area contributed by atoms with Crippen molar-refractivity contribution in [2.45, 2.75) is 10.6 Å². The molecule has 0 aliphatic rings. The van der Waals surface area contributed by atoms with Crippen molar-refractivity contribution in [1.29, 1.82) is 5.26 Å². The Morgan fingerprint density at radius 3 is 2.63 bits per heavy atom. The van der Waals surface area contributed by atoms with Gasteiger partial charge in [0.05, 0.1) is 29.1 Å². The molecule has 0 aliphatic carbocycles. The molecule has 7 heteroatoms. The number of anilines is 1. The van der Waals surface area contributed by atoms with Crippen LogP contribution in [-0.2, 0) is 5.75 Å². The fourth-order valence-corrected chi connectivity index (χ4v) is 3.83. The number of amides is 1. The summed E-state index contributed by atoms with van der Waals surface area (Å²) in [6.45, 7) is 0. The van der Waals surface area contributed by atoms with E-state index in [4.69, 9.17) is 5.26 Å². The van der Waals surface area contributed by atoms with Crippen molar-refractivity contribution in [2.24, 2.45) is 0 Å². The fraction of sp³-hybridized carbons (Fsp3) is 0.0435. The van der Waals surface area contributed by atoms with Crippen molar-refractivity contribution in [3.63, 3.8) is 0 Å². The maximum Gasteiger partial charge on any atom is 0.256 e. The Morgan fingerprint density at radius 2 is 1.93 bits per heavy atom. The number of thioether (sulfide) groups is 1. The predicted molar refractivity (Wildman–Crippen MR) is 116 cm³/mol. The molecule has 2 heterocycles. The van der Waals surface area contributed by atoms with Gasteiger partial charge in [0.15, 0.2) is 0 Å². The van der Waals surface area contributed by atoms with Gasteiger partial charge in [-0.1, -0.05) is 24.3 Å². The summed E-state index contributed by atoms with van der Waals surface area (Å²) in [4.78, 5) is 22.1. The minimum absolute atomic E-state index is 0.185. The predicted octanol–water partition coefficient (Wildman–Crippen LogP) is 4.68. The number of benzene rings is 2. The van der Waals surface area contributed by atoms with E-state index in [1.54, 1.807) is 47.2 Å². The molecule has 0 unspecified atom stereocenters. The van der Waals surface area contributed by atoms with E-state index in [1.807, 2.05) is 54.7 Å². The Morgan fingerprint density at radius 1 is 1.10 bits per heavy atom. The van der Waals surface area contributed by atoms with Crippen LogP contribution in [0.5, 0.6) is 0 Å². The topological polar surface area (TPSA) is 83.6 Å². The van der Waals surface area contributed by atoms with Gasteiger partial charge in [-0.05, 0) is 42.0 Å². The zero-order chi connectivity index (χ0) is 20.8. The molecule has 4 rings (SSSR count). The Hall–Kier alpha value is -3.89. The molecule has 0 bridgehead atoms. The zero-order valence-corrected chi connectivity index (χ0v) is 16.7. The molecule has 146 valence electrons. The van der Waals surface area contributed by atoms with Crippen molar-refractivity contribution >= 4 is 23.4 Å². The summed E-state index contributed by atoms with van der Waals surface area (Å²) in [5, 5.41) is 11.8. The van der Waals surface area contributed by atoms with E-state index in [9.17, 15) is 4.79 Å². The van der Waals surface area contributed by atoms with Gasteiger partial charge in [-0.25, -0.2) is 9.97 Å². The Bertz CT molecular complexity index is 1180. The third-order valence-electron chi connectivity index (χ3n) is 4.38. The second-order valence-electron chi connectivity index (χ2n) is 6.42. The molecule has 0 saturated heterocycles. The minimum Gasteiger partial charge on any atom is -0.321 e. The standard InChI is InChI=1S/C23H17N5OS/c24-13-17-5-7-18(8-6-17)15-30-21-4-2-1-3-20(21)23(29)27-19-9-10-22(26-14-19)28-12-11-25-16-28/h1-12,14,16H,15H2,(H,27,29). The van der Waals surface area contributed by atoms with Crippen molar-refractivity contribution in [3.05, 3.63) is 102 Å². The molecule has 0 saturated carbocycles. The third-order valence-corrected chi connectivity index (χ3v) is 5.53. The van der Waals surface area contributed by atoms with E-state index in [0.717, 1.165) is 16.3 Å². The molecule has 1 amide bonds. The molecule has 0 radical (unpaired) electrons. The summed E-state index contributed by atoms with van der Waals surface area (Å²) in [5.74, 6) is 1.25. The second kappa shape index (κ2) is 9.07. The van der Waals surface area contributed by atoms with Crippen LogP contribution in [0.4, 0.5) is 5.69 Å². The van der Waals surface area contributed by atoms with Gasteiger partial charge in [-0.3, -0.25) is 9.36 Å². The van der Waals surface area contributed by atoms with Crippen molar-refractivity contribution in [1.82, 2.24) is 14.5 Å². The molecule has 2 aromatic heterocycles. The van der Waals surface area contributed by atoms with E-state index in [-0.39, 0.29) is 5.91 Å². The highest BCUT2D eigenvalue weighted by molar-refractivity contribution is 7.98. The highest BCUT2D eigenvalue weighted by atomic mass is 32.2. The number of pyridine rings is 1. The summed E-state index contributed by atoms with van der Waals surface area (Å²) < 4.78 is 1.79. The number of hydrogen-bond acceptors (Lipinski definition) is 5. The number of aromatic nitrogens is 3. The van der Waals surface area contributed by atoms with Crippen LogP contribution >= 0.6 is 11.8 Å². The van der Waals surface area contributed by atoms with E-state index in [1.165, 1.54) is 0 Å². The average molecular weight is 411 g/mol. The lowest BCUT2D eigenvalue weighted by atomic mass is 10.2. The van der Waals surface area contributed by atoms with Crippen LogP contribution in [0, 0.1) is 11.3 Å². The summed E-state index contributed by atoms with van der Waals surface area (Å²) in [7, 11) is 0. The molecule has 0 fully saturated rings. The van der Waals surface area contributed by atoms with Gasteiger partial charge < -0.3 is 5.32 Å². The monoisotopic (exact) mass is 411 g/mol. The number of hydrogen-bond donors (Lipinski definition) is 1. The van der Waals surface area contributed by atoms with Gasteiger partial charge in [0.2, 0.25) is 0 Å². The number of imidazole rings is 1. The van der Waals surface area contributed by atoms with Gasteiger partial charge >= 0.3 is 0 Å². The van der Waals surface area contributed by atoms with Gasteiger partial charge in [-0.15, -0.1) is 11.8 Å². The first-order chi connectivity index (χ1) is 14.7. The average Bonchev–Trinajstić information content (AvgIpc) is 3.34.